The summed E-state index contributed by atoms with van der Waals surface area (Å²) in [5.74, 6) is 2.19. The van der Waals surface area contributed by atoms with E-state index in [9.17, 15) is 0 Å². The Labute approximate surface area is 589 Å². The number of rotatable bonds is 9. The highest BCUT2D eigenvalue weighted by Crippen LogP contribution is 2.45. The number of nitrogens with zero attached hydrogens (tertiary/aromatic N) is 3. The largest absolute Gasteiger partial charge is 0.475 e. The van der Waals surface area contributed by atoms with Crippen molar-refractivity contribution in [3.05, 3.63) is 240 Å². The van der Waals surface area contributed by atoms with Crippen molar-refractivity contribution >= 4 is 103 Å². The van der Waals surface area contributed by atoms with Crippen LogP contribution in [-0.2, 0) is 14.2 Å². The quantitative estimate of drug-likeness (QED) is 0.0831. The zero-order valence-electron chi connectivity index (χ0n) is 58.8. The van der Waals surface area contributed by atoms with E-state index in [1.165, 1.54) is 49.4 Å². The Balaban J connectivity index is 0.000000164. The molecule has 0 fully saturated rings. The average molecular weight is 1370 g/mol. The van der Waals surface area contributed by atoms with E-state index in [1.54, 1.807) is 55.4 Å². The van der Waals surface area contributed by atoms with Crippen LogP contribution in [0.3, 0.4) is 0 Å². The van der Waals surface area contributed by atoms with Gasteiger partial charge in [0.15, 0.2) is 0 Å². The maximum absolute atomic E-state index is 9.10. The zero-order chi connectivity index (χ0) is 70.8. The lowest BCUT2D eigenvalue weighted by Crippen LogP contribution is -2.44. The van der Waals surface area contributed by atoms with Crippen molar-refractivity contribution in [1.29, 1.82) is 0 Å². The highest BCUT2D eigenvalue weighted by molar-refractivity contribution is 9.10. The first-order valence-electron chi connectivity index (χ1n) is 33.2. The van der Waals surface area contributed by atoms with Gasteiger partial charge in [-0.1, -0.05) is 185 Å². The number of aliphatic hydroxyl groups is 4. The van der Waals surface area contributed by atoms with Gasteiger partial charge < -0.3 is 34.6 Å². The second-order valence-electron chi connectivity index (χ2n) is 29.4. The predicted octanol–water partition coefficient (Wildman–Crippen LogP) is 17.4. The molecule has 3 aliphatic heterocycles. The molecular formula is C85H88B2BrN3O7. The van der Waals surface area contributed by atoms with Gasteiger partial charge in [-0.15, -0.1) is 0 Å². The highest BCUT2D eigenvalue weighted by Gasteiger charge is 2.34. The fraction of sp³-hybridized carbons (Fsp3) is 0.282. The molecule has 0 aromatic heterocycles. The predicted molar refractivity (Wildman–Crippen MR) is 414 cm³/mol. The number of hydrogen-bond donors (Lipinski definition) is 4. The molecule has 4 radical (unpaired) electrons. The maximum atomic E-state index is 9.10. The number of hydrogen-bond acceptors (Lipinski definition) is 10. The van der Waals surface area contributed by atoms with Gasteiger partial charge in [-0.05, 0) is 245 Å². The number of benzene rings is 11. The standard InChI is InChI=1S/C42H36N2O2.C20H12B2.C11H12BrNO.2C6H14O2/c1-41(2)25-45-39(43-41)30-18-14-28(15-19-30)37-33-12-8-9-13-34(33)38(29-16-20-31(21-17-29)40-44-42(3,4)26-46-40)36-24-32(22-23-35(36)37)27-10-6-5-7-11-27;21-19-15-8-4-5-9-16(15)20(22)18-12-14(10-11-17(18)19)13-6-2-1-3-7-13;1-11(2)7-14-10(13-11)8-3-5-9(12)6-4-8;2*1-5(2,7)6(3,4)8/h5-24H,25-26H2,1-4H3;1-12H;3-6H,7H2,1-2H3;2*7-8H,1-4H3. The molecule has 3 aliphatic rings. The summed E-state index contributed by atoms with van der Waals surface area (Å²) in [7, 11) is 12.8. The van der Waals surface area contributed by atoms with E-state index in [2.05, 4.69) is 214 Å². The molecule has 11 aromatic carbocycles. The summed E-state index contributed by atoms with van der Waals surface area (Å²) in [6, 6.07) is 76.3. The first-order chi connectivity index (χ1) is 46.1. The summed E-state index contributed by atoms with van der Waals surface area (Å²) >= 11 is 3.40. The Kier molecular flexibility index (Phi) is 21.1. The number of ether oxygens (including phenoxy) is 3. The van der Waals surface area contributed by atoms with Crippen LogP contribution in [0.5, 0.6) is 0 Å². The van der Waals surface area contributed by atoms with E-state index in [4.69, 9.17) is 60.3 Å². The summed E-state index contributed by atoms with van der Waals surface area (Å²) in [6.07, 6.45) is 0. The van der Waals surface area contributed by atoms with E-state index >= 15 is 0 Å². The fourth-order valence-electron chi connectivity index (χ4n) is 11.0. The third-order valence-electron chi connectivity index (χ3n) is 18.2. The number of fused-ring (bicyclic) bond motifs is 4. The molecule has 0 unspecified atom stereocenters. The van der Waals surface area contributed by atoms with Crippen molar-refractivity contribution in [3.8, 4) is 44.5 Å². The highest BCUT2D eigenvalue weighted by atomic mass is 79.9. The molecule has 498 valence electrons. The van der Waals surface area contributed by atoms with Crippen LogP contribution in [0.4, 0.5) is 0 Å². The van der Waals surface area contributed by atoms with Gasteiger partial charge in [0.2, 0.25) is 17.7 Å². The third kappa shape index (κ3) is 16.9. The fourth-order valence-corrected chi connectivity index (χ4v) is 11.3. The van der Waals surface area contributed by atoms with Gasteiger partial charge in [0.05, 0.1) is 39.0 Å². The Bertz CT molecular complexity index is 4700. The molecule has 0 bridgehead atoms. The summed E-state index contributed by atoms with van der Waals surface area (Å²) < 4.78 is 18.5. The Morgan fingerprint density at radius 3 is 0.898 bits per heavy atom. The minimum Gasteiger partial charge on any atom is -0.475 e. The van der Waals surface area contributed by atoms with E-state index < -0.39 is 22.4 Å². The molecule has 98 heavy (non-hydrogen) atoms. The van der Waals surface area contributed by atoms with Crippen molar-refractivity contribution < 1.29 is 34.6 Å². The van der Waals surface area contributed by atoms with Crippen molar-refractivity contribution in [2.45, 2.75) is 136 Å². The molecule has 0 saturated heterocycles. The third-order valence-corrected chi connectivity index (χ3v) is 18.7. The minimum absolute atomic E-state index is 0.0809. The lowest BCUT2D eigenvalue weighted by atomic mass is 9.77. The smallest absolute Gasteiger partial charge is 0.216 e. The van der Waals surface area contributed by atoms with Crippen LogP contribution < -0.4 is 10.9 Å². The van der Waals surface area contributed by atoms with Gasteiger partial charge in [-0.2, -0.15) is 0 Å². The Hall–Kier alpha value is -8.68. The second-order valence-corrected chi connectivity index (χ2v) is 30.3. The van der Waals surface area contributed by atoms with Crippen LogP contribution >= 0.6 is 15.9 Å². The van der Waals surface area contributed by atoms with E-state index in [0.717, 1.165) is 82.1 Å². The first-order valence-corrected chi connectivity index (χ1v) is 34.0. The molecule has 0 spiro atoms. The summed E-state index contributed by atoms with van der Waals surface area (Å²) in [4.78, 5) is 14.1. The Morgan fingerprint density at radius 1 is 0.306 bits per heavy atom. The number of aliphatic imine (C=N–C) groups is 3. The molecule has 3 heterocycles. The van der Waals surface area contributed by atoms with Gasteiger partial charge >= 0.3 is 0 Å². The van der Waals surface area contributed by atoms with Crippen molar-refractivity contribution in [3.63, 3.8) is 0 Å². The van der Waals surface area contributed by atoms with Gasteiger partial charge in [-0.25, -0.2) is 15.0 Å². The van der Waals surface area contributed by atoms with E-state index in [0.29, 0.717) is 25.7 Å². The first kappa shape index (κ1) is 72.1. The molecule has 14 rings (SSSR count). The molecule has 10 nitrogen and oxygen atoms in total. The Morgan fingerprint density at radius 2 is 0.561 bits per heavy atom. The molecule has 0 saturated carbocycles. The molecule has 0 aliphatic carbocycles. The molecule has 4 N–H and O–H groups in total. The molecule has 0 amide bonds. The number of halogens is 1. The van der Waals surface area contributed by atoms with Crippen molar-refractivity contribution in [2.24, 2.45) is 15.0 Å². The topological polar surface area (TPSA) is 146 Å². The second kappa shape index (κ2) is 28.6. The molecular weight excluding hydrogens is 1280 g/mol. The van der Waals surface area contributed by atoms with Gasteiger partial charge in [0.1, 0.15) is 35.5 Å². The van der Waals surface area contributed by atoms with Crippen LogP contribution in [0.15, 0.2) is 238 Å². The van der Waals surface area contributed by atoms with E-state index in [1.807, 2.05) is 66.7 Å². The van der Waals surface area contributed by atoms with Crippen LogP contribution in [-0.4, -0.2) is 113 Å². The van der Waals surface area contributed by atoms with Crippen molar-refractivity contribution in [1.82, 2.24) is 0 Å². The lowest BCUT2D eigenvalue weighted by molar-refractivity contribution is -0.107. The maximum Gasteiger partial charge on any atom is 0.216 e. The SMILES string of the molecule is CC(C)(O)C(C)(C)O.CC(C)(O)C(C)(C)O.CC1(C)COC(c2ccc(-c3c4ccccc4c(-c4ccc(C5=NC(C)(C)CO5)cc4)c4cc(-c5ccccc5)ccc34)cc2)=N1.CC1(C)COC(c2ccc(Br)cc2)=N1.[B]c1c2ccccc2c([B])c2cc(-c3ccccc3)ccc12. The average Bonchev–Trinajstić information content (AvgIpc) is 0.926. The van der Waals surface area contributed by atoms with Crippen LogP contribution in [0.1, 0.15) is 114 Å². The monoisotopic (exact) mass is 1360 g/mol. The zero-order valence-corrected chi connectivity index (χ0v) is 60.4. The van der Waals surface area contributed by atoms with Gasteiger partial charge in [0, 0.05) is 21.2 Å². The van der Waals surface area contributed by atoms with Crippen LogP contribution in [0.2, 0.25) is 0 Å². The van der Waals surface area contributed by atoms with E-state index in [-0.39, 0.29) is 16.6 Å². The van der Waals surface area contributed by atoms with Crippen molar-refractivity contribution in [2.75, 3.05) is 19.8 Å². The van der Waals surface area contributed by atoms with Crippen LogP contribution in [0.25, 0.3) is 87.6 Å². The van der Waals surface area contributed by atoms with Gasteiger partial charge in [-0.3, -0.25) is 0 Å². The minimum atomic E-state index is -1.01. The normalized spacial score (nSPS) is 15.3. The summed E-state index contributed by atoms with van der Waals surface area (Å²) in [6.45, 7) is 27.0. The summed E-state index contributed by atoms with van der Waals surface area (Å²) in [5, 5.41) is 45.3. The lowest BCUT2D eigenvalue weighted by Gasteiger charge is -2.31. The van der Waals surface area contributed by atoms with Crippen LogP contribution in [0, 0.1) is 0 Å². The van der Waals surface area contributed by atoms with Gasteiger partial charge in [0.25, 0.3) is 0 Å². The molecule has 0 atom stereocenters. The summed E-state index contributed by atoms with van der Waals surface area (Å²) in [5.41, 5.74) is 9.61. The molecule has 11 aromatic rings. The molecule has 13 heteroatoms.